The molecule has 0 aliphatic carbocycles. The summed E-state index contributed by atoms with van der Waals surface area (Å²) in [4.78, 5) is 15.5. The number of nitrogens with zero attached hydrogens (tertiary/aromatic N) is 3. The monoisotopic (exact) mass is 807 g/mol. The number of benzene rings is 9. The predicted molar refractivity (Wildman–Crippen MR) is 260 cm³/mol. The maximum atomic E-state index is 6.47. The minimum atomic E-state index is 0.679. The fourth-order valence-electron chi connectivity index (χ4n) is 9.30. The molecule has 62 heavy (non-hydrogen) atoms. The molecule has 0 atom stereocenters. The normalized spacial score (nSPS) is 11.9. The zero-order valence-corrected chi connectivity index (χ0v) is 34.0. The third-order valence-electron chi connectivity index (χ3n) is 12.3. The summed E-state index contributed by atoms with van der Waals surface area (Å²) >= 11 is 1.85. The smallest absolute Gasteiger partial charge is 0.160 e. The summed E-state index contributed by atoms with van der Waals surface area (Å²) in [6.45, 7) is 0. The molecule has 0 bridgehead atoms. The van der Waals surface area contributed by atoms with E-state index in [0.717, 1.165) is 72.4 Å². The van der Waals surface area contributed by atoms with Crippen LogP contribution in [-0.2, 0) is 0 Å². The number of aromatic nitrogens is 3. The van der Waals surface area contributed by atoms with Gasteiger partial charge in [0, 0.05) is 69.4 Å². The first-order chi connectivity index (χ1) is 30.7. The molecule has 0 aliphatic heterocycles. The standard InChI is InChI=1S/C57H33N3OS/c1-3-12-37(13-4-1)56-44-27-30-52-55(54(44)42-17-9-10-18-46(42)58-56)45-31-39(25-29-51(45)62-52)34-19-21-36(22-20-34)47-33-48(60-57(59-47)38-14-5-2-6-15-38)40-23-26-43-50(32-40)61-49-28-24-35-11-7-8-16-41(35)53(43)49/h1-33H. The highest BCUT2D eigenvalue weighted by molar-refractivity contribution is 7.26. The van der Waals surface area contributed by atoms with Crippen LogP contribution in [0.15, 0.2) is 205 Å². The van der Waals surface area contributed by atoms with Crippen molar-refractivity contribution in [3.05, 3.63) is 200 Å². The average molecular weight is 808 g/mol. The Balaban J connectivity index is 0.924. The van der Waals surface area contributed by atoms with Crippen LogP contribution in [0.1, 0.15) is 0 Å². The van der Waals surface area contributed by atoms with Crippen LogP contribution in [0, 0.1) is 0 Å². The Bertz CT molecular complexity index is 3910. The van der Waals surface area contributed by atoms with Gasteiger partial charge in [-0.1, -0.05) is 152 Å². The number of fused-ring (bicyclic) bond motifs is 12. The lowest BCUT2D eigenvalue weighted by atomic mass is 9.95. The molecule has 5 heteroatoms. The van der Waals surface area contributed by atoms with E-state index in [2.05, 4.69) is 182 Å². The van der Waals surface area contributed by atoms with Gasteiger partial charge in [-0.15, -0.1) is 11.3 Å². The molecule has 9 aromatic carbocycles. The summed E-state index contributed by atoms with van der Waals surface area (Å²) in [5.41, 5.74) is 11.8. The van der Waals surface area contributed by atoms with Gasteiger partial charge in [0.1, 0.15) is 11.2 Å². The maximum Gasteiger partial charge on any atom is 0.160 e. The molecule has 13 aromatic rings. The molecule has 0 saturated heterocycles. The Labute approximate surface area is 360 Å². The lowest BCUT2D eigenvalue weighted by Gasteiger charge is -2.12. The van der Waals surface area contributed by atoms with Gasteiger partial charge in [-0.2, -0.15) is 0 Å². The van der Waals surface area contributed by atoms with Crippen molar-refractivity contribution in [1.82, 2.24) is 15.0 Å². The van der Waals surface area contributed by atoms with Gasteiger partial charge in [0.25, 0.3) is 0 Å². The van der Waals surface area contributed by atoms with Gasteiger partial charge in [0.15, 0.2) is 5.82 Å². The zero-order valence-electron chi connectivity index (χ0n) is 33.2. The fourth-order valence-corrected chi connectivity index (χ4v) is 10.4. The molecule has 0 amide bonds. The third-order valence-corrected chi connectivity index (χ3v) is 13.4. The van der Waals surface area contributed by atoms with Gasteiger partial charge >= 0.3 is 0 Å². The van der Waals surface area contributed by atoms with Crippen molar-refractivity contribution < 1.29 is 4.42 Å². The summed E-state index contributed by atoms with van der Waals surface area (Å²) in [5.74, 6) is 0.679. The molecule has 0 unspecified atom stereocenters. The molecule has 0 N–H and O–H groups in total. The van der Waals surface area contributed by atoms with Crippen molar-refractivity contribution in [3.8, 4) is 56.3 Å². The van der Waals surface area contributed by atoms with E-state index in [4.69, 9.17) is 19.4 Å². The zero-order chi connectivity index (χ0) is 40.7. The molecule has 288 valence electrons. The highest BCUT2D eigenvalue weighted by Gasteiger charge is 2.18. The Hall–Kier alpha value is -7.99. The Morgan fingerprint density at radius 1 is 0.339 bits per heavy atom. The second-order valence-electron chi connectivity index (χ2n) is 15.9. The molecule has 4 aromatic heterocycles. The molecule has 0 saturated carbocycles. The number of rotatable bonds is 5. The average Bonchev–Trinajstić information content (AvgIpc) is 3.92. The molecule has 0 radical (unpaired) electrons. The molecule has 0 fully saturated rings. The summed E-state index contributed by atoms with van der Waals surface area (Å²) in [6.07, 6.45) is 0. The number of hydrogen-bond donors (Lipinski definition) is 0. The van der Waals surface area contributed by atoms with Gasteiger partial charge in [-0.05, 0) is 70.4 Å². The number of furan rings is 1. The lowest BCUT2D eigenvalue weighted by Crippen LogP contribution is -1.96. The second kappa shape index (κ2) is 13.8. The van der Waals surface area contributed by atoms with Crippen LogP contribution in [0.2, 0.25) is 0 Å². The van der Waals surface area contributed by atoms with Crippen molar-refractivity contribution in [3.63, 3.8) is 0 Å². The van der Waals surface area contributed by atoms with E-state index in [9.17, 15) is 0 Å². The minimum absolute atomic E-state index is 0.679. The van der Waals surface area contributed by atoms with Crippen molar-refractivity contribution >= 4 is 85.9 Å². The van der Waals surface area contributed by atoms with Crippen molar-refractivity contribution in [2.75, 3.05) is 0 Å². The number of pyridine rings is 1. The second-order valence-corrected chi connectivity index (χ2v) is 17.0. The largest absolute Gasteiger partial charge is 0.456 e. The van der Waals surface area contributed by atoms with Crippen LogP contribution in [0.3, 0.4) is 0 Å². The van der Waals surface area contributed by atoms with Gasteiger partial charge < -0.3 is 4.42 Å². The van der Waals surface area contributed by atoms with E-state index in [1.165, 1.54) is 52.7 Å². The quantitative estimate of drug-likeness (QED) is 0.163. The van der Waals surface area contributed by atoms with E-state index in [1.54, 1.807) is 0 Å². The predicted octanol–water partition coefficient (Wildman–Crippen LogP) is 15.9. The lowest BCUT2D eigenvalue weighted by molar-refractivity contribution is 0.669. The van der Waals surface area contributed by atoms with E-state index in [1.807, 2.05) is 29.5 Å². The van der Waals surface area contributed by atoms with E-state index < -0.39 is 0 Å². The summed E-state index contributed by atoms with van der Waals surface area (Å²) in [6, 6.07) is 70.7. The van der Waals surface area contributed by atoms with Gasteiger partial charge in [-0.25, -0.2) is 15.0 Å². The Morgan fingerprint density at radius 2 is 1.00 bits per heavy atom. The molecule has 4 heterocycles. The Morgan fingerprint density at radius 3 is 1.84 bits per heavy atom. The van der Waals surface area contributed by atoms with E-state index in [0.29, 0.717) is 5.82 Å². The summed E-state index contributed by atoms with van der Waals surface area (Å²) in [5, 5.41) is 10.8. The van der Waals surface area contributed by atoms with Crippen molar-refractivity contribution in [1.29, 1.82) is 0 Å². The number of para-hydroxylation sites is 1. The molecule has 13 rings (SSSR count). The molecular formula is C57H33N3OS. The first-order valence-corrected chi connectivity index (χ1v) is 21.6. The molecule has 0 aliphatic rings. The third kappa shape index (κ3) is 5.56. The molecule has 4 nitrogen and oxygen atoms in total. The van der Waals surface area contributed by atoms with Crippen LogP contribution in [0.25, 0.3) is 131 Å². The highest BCUT2D eigenvalue weighted by atomic mass is 32.1. The van der Waals surface area contributed by atoms with Crippen LogP contribution in [0.5, 0.6) is 0 Å². The molecule has 0 spiro atoms. The van der Waals surface area contributed by atoms with Gasteiger partial charge in [0.2, 0.25) is 0 Å². The van der Waals surface area contributed by atoms with E-state index >= 15 is 0 Å². The first kappa shape index (κ1) is 34.8. The van der Waals surface area contributed by atoms with Crippen LogP contribution in [-0.4, -0.2) is 15.0 Å². The number of hydrogen-bond acceptors (Lipinski definition) is 5. The minimum Gasteiger partial charge on any atom is -0.456 e. The van der Waals surface area contributed by atoms with Crippen LogP contribution < -0.4 is 0 Å². The van der Waals surface area contributed by atoms with E-state index in [-0.39, 0.29) is 0 Å². The topological polar surface area (TPSA) is 51.8 Å². The summed E-state index contributed by atoms with van der Waals surface area (Å²) < 4.78 is 9.02. The summed E-state index contributed by atoms with van der Waals surface area (Å²) in [7, 11) is 0. The SMILES string of the molecule is c1ccc(-c2nc(-c3ccc(-c4ccc5sc6ccc7c(-c8ccccc8)nc8ccccc8c7c6c5c4)cc3)cc(-c3ccc4c(c3)oc3ccc5ccccc5c34)n2)cc1. The Kier molecular flexibility index (Phi) is 7.74. The van der Waals surface area contributed by atoms with Crippen LogP contribution >= 0.6 is 11.3 Å². The van der Waals surface area contributed by atoms with Crippen molar-refractivity contribution in [2.24, 2.45) is 0 Å². The van der Waals surface area contributed by atoms with Crippen molar-refractivity contribution in [2.45, 2.75) is 0 Å². The highest BCUT2D eigenvalue weighted by Crippen LogP contribution is 2.45. The van der Waals surface area contributed by atoms with Gasteiger partial charge in [0.05, 0.1) is 22.6 Å². The fraction of sp³-hybridized carbons (Fsp3) is 0. The number of thiophene rings is 1. The molecular weight excluding hydrogens is 775 g/mol. The first-order valence-electron chi connectivity index (χ1n) is 20.8. The van der Waals surface area contributed by atoms with Gasteiger partial charge in [-0.3, -0.25) is 0 Å². The maximum absolute atomic E-state index is 6.47. The van der Waals surface area contributed by atoms with Crippen LogP contribution in [0.4, 0.5) is 0 Å².